The van der Waals surface area contributed by atoms with Crippen LogP contribution in [0.3, 0.4) is 0 Å². The molecule has 2 aliphatic rings. The molecule has 1 fully saturated rings. The molecule has 0 spiro atoms. The maximum absolute atomic E-state index is 14.2. The number of rotatable bonds is 2. The highest BCUT2D eigenvalue weighted by atomic mass is 19.1. The highest BCUT2D eigenvalue weighted by Gasteiger charge is 2.46. The van der Waals surface area contributed by atoms with Gasteiger partial charge in [0, 0.05) is 18.1 Å². The van der Waals surface area contributed by atoms with Gasteiger partial charge < -0.3 is 10.2 Å². The summed E-state index contributed by atoms with van der Waals surface area (Å²) in [5.41, 5.74) is 0.528. The molecule has 3 aromatic rings. The summed E-state index contributed by atoms with van der Waals surface area (Å²) in [6.07, 6.45) is 0. The number of carbonyl (C=O) groups is 2. The lowest BCUT2D eigenvalue weighted by Crippen LogP contribution is -2.43. The second-order valence-electron chi connectivity index (χ2n) is 7.33. The fourth-order valence-electron chi connectivity index (χ4n) is 4.14. The molecule has 5 rings (SSSR count). The molecule has 3 amide bonds. The Balaban J connectivity index is 1.79. The lowest BCUT2D eigenvalue weighted by atomic mass is 9.88. The van der Waals surface area contributed by atoms with Crippen LogP contribution < -0.4 is 10.9 Å². The Morgan fingerprint density at radius 3 is 2.47 bits per heavy atom. The van der Waals surface area contributed by atoms with E-state index in [-0.39, 0.29) is 17.6 Å². The smallest absolute Gasteiger partial charge is 0.327 e. The van der Waals surface area contributed by atoms with Crippen molar-refractivity contribution in [2.75, 3.05) is 18.9 Å². The third-order valence-electron chi connectivity index (χ3n) is 5.47. The molecule has 8 nitrogen and oxygen atoms in total. The van der Waals surface area contributed by atoms with Crippen LogP contribution in [-0.4, -0.2) is 45.5 Å². The van der Waals surface area contributed by atoms with E-state index in [1.807, 2.05) is 0 Å². The molecule has 0 aliphatic carbocycles. The Morgan fingerprint density at radius 1 is 1.07 bits per heavy atom. The lowest BCUT2D eigenvalue weighted by Gasteiger charge is -2.38. The molecular weight excluding hydrogens is 396 g/mol. The van der Waals surface area contributed by atoms with Gasteiger partial charge in [-0.3, -0.25) is 14.5 Å². The number of hydrogen-bond acceptors (Lipinski definition) is 5. The number of anilines is 1. The van der Waals surface area contributed by atoms with Crippen LogP contribution >= 0.6 is 0 Å². The molecule has 1 aromatic heterocycles. The van der Waals surface area contributed by atoms with E-state index in [1.165, 1.54) is 42.3 Å². The summed E-state index contributed by atoms with van der Waals surface area (Å²) in [6, 6.07) is 5.66. The number of urea groups is 1. The Labute approximate surface area is 168 Å². The van der Waals surface area contributed by atoms with Crippen LogP contribution in [0.15, 0.2) is 41.2 Å². The average Bonchev–Trinajstić information content (AvgIpc) is 2.96. The van der Waals surface area contributed by atoms with Crippen molar-refractivity contribution < 1.29 is 18.4 Å². The topological polar surface area (TPSA) is 98.4 Å². The zero-order valence-corrected chi connectivity index (χ0v) is 15.6. The number of imide groups is 1. The van der Waals surface area contributed by atoms with Crippen molar-refractivity contribution in [2.45, 2.75) is 12.1 Å². The molecule has 152 valence electrons. The summed E-state index contributed by atoms with van der Waals surface area (Å²) in [4.78, 5) is 40.1. The van der Waals surface area contributed by atoms with E-state index >= 15 is 0 Å². The van der Waals surface area contributed by atoms with Crippen molar-refractivity contribution in [1.29, 1.82) is 0 Å². The molecule has 0 radical (unpaired) electrons. The first-order chi connectivity index (χ1) is 14.3. The van der Waals surface area contributed by atoms with Gasteiger partial charge in [0.05, 0.1) is 17.1 Å². The van der Waals surface area contributed by atoms with E-state index in [1.54, 1.807) is 0 Å². The number of nitrogens with one attached hydrogen (secondary N) is 2. The SMILES string of the molecule is CN1CC(=O)N(C2c3n[nH]c(=O)c4cc(F)cc(c34)NC2c2ccc(F)cc2)C1=O. The third-order valence-corrected chi connectivity index (χ3v) is 5.47. The first-order valence-electron chi connectivity index (χ1n) is 9.16. The first kappa shape index (κ1) is 18.2. The molecule has 2 aromatic carbocycles. The van der Waals surface area contributed by atoms with E-state index in [0.717, 1.165) is 11.0 Å². The number of aromatic amines is 1. The van der Waals surface area contributed by atoms with Gasteiger partial charge in [-0.2, -0.15) is 5.10 Å². The van der Waals surface area contributed by atoms with E-state index in [9.17, 15) is 23.2 Å². The highest BCUT2D eigenvalue weighted by Crippen LogP contribution is 2.46. The lowest BCUT2D eigenvalue weighted by molar-refractivity contribution is -0.127. The largest absolute Gasteiger partial charge is 0.375 e. The van der Waals surface area contributed by atoms with Gasteiger partial charge in [0.2, 0.25) is 0 Å². The van der Waals surface area contributed by atoms with Gasteiger partial charge in [-0.25, -0.2) is 18.7 Å². The van der Waals surface area contributed by atoms with Crippen LogP contribution in [0.25, 0.3) is 10.8 Å². The quantitative estimate of drug-likeness (QED) is 0.631. The molecule has 2 atom stereocenters. The number of aromatic nitrogens is 2. The zero-order chi connectivity index (χ0) is 21.2. The fourth-order valence-corrected chi connectivity index (χ4v) is 4.14. The van der Waals surface area contributed by atoms with Crippen molar-refractivity contribution >= 4 is 28.4 Å². The fraction of sp³-hybridized carbons (Fsp3) is 0.200. The maximum Gasteiger partial charge on any atom is 0.327 e. The predicted octanol–water partition coefficient (Wildman–Crippen LogP) is 2.30. The second kappa shape index (κ2) is 6.34. The van der Waals surface area contributed by atoms with Gasteiger partial charge in [-0.1, -0.05) is 12.1 Å². The summed E-state index contributed by atoms with van der Waals surface area (Å²) in [5, 5.41) is 9.99. The third kappa shape index (κ3) is 2.56. The zero-order valence-electron chi connectivity index (χ0n) is 15.6. The van der Waals surface area contributed by atoms with Crippen LogP contribution in [0.1, 0.15) is 23.3 Å². The van der Waals surface area contributed by atoms with Crippen LogP contribution in [-0.2, 0) is 4.79 Å². The first-order valence-corrected chi connectivity index (χ1v) is 9.16. The minimum absolute atomic E-state index is 0.0532. The van der Waals surface area contributed by atoms with Gasteiger partial charge in [0.25, 0.3) is 11.5 Å². The minimum Gasteiger partial charge on any atom is -0.375 e. The maximum atomic E-state index is 14.2. The highest BCUT2D eigenvalue weighted by molar-refractivity contribution is 6.04. The summed E-state index contributed by atoms with van der Waals surface area (Å²) in [7, 11) is 1.50. The number of H-pyrrole nitrogens is 1. The molecule has 2 aliphatic heterocycles. The molecule has 0 bridgehead atoms. The van der Waals surface area contributed by atoms with Crippen LogP contribution in [0.5, 0.6) is 0 Å². The number of hydrogen-bond donors (Lipinski definition) is 2. The van der Waals surface area contributed by atoms with Gasteiger partial charge in [-0.15, -0.1) is 0 Å². The standard InChI is InChI=1S/C20H15F2N5O3/c1-26-8-14(28)27(20(26)30)18-16(9-2-4-10(21)5-3-9)23-13-7-11(22)6-12-15(13)17(18)24-25-19(12)29/h2-7,16,18,23H,8H2,1H3,(H,25,29). The molecule has 2 unspecified atom stereocenters. The van der Waals surface area contributed by atoms with Gasteiger partial charge in [-0.05, 0) is 29.8 Å². The summed E-state index contributed by atoms with van der Waals surface area (Å²) < 4.78 is 27.7. The van der Waals surface area contributed by atoms with Crippen LogP contribution in [0.2, 0.25) is 0 Å². The number of benzene rings is 2. The summed E-state index contributed by atoms with van der Waals surface area (Å²) >= 11 is 0. The number of likely N-dealkylation sites (N-methyl/N-ethyl adjacent to an activating group) is 1. The van der Waals surface area contributed by atoms with Crippen molar-refractivity contribution in [3.63, 3.8) is 0 Å². The van der Waals surface area contributed by atoms with Crippen molar-refractivity contribution in [3.8, 4) is 0 Å². The number of nitrogens with zero attached hydrogens (tertiary/aromatic N) is 3. The molecule has 30 heavy (non-hydrogen) atoms. The van der Waals surface area contributed by atoms with Crippen LogP contribution in [0, 0.1) is 11.6 Å². The normalized spacial score (nSPS) is 20.8. The van der Waals surface area contributed by atoms with E-state index in [0.29, 0.717) is 16.6 Å². The van der Waals surface area contributed by atoms with E-state index in [4.69, 9.17) is 0 Å². The molecule has 10 heteroatoms. The summed E-state index contributed by atoms with van der Waals surface area (Å²) in [6.45, 7) is -0.103. The Hall–Kier alpha value is -3.82. The molecule has 1 saturated heterocycles. The predicted molar refractivity (Wildman–Crippen MR) is 103 cm³/mol. The number of halogens is 2. The molecule has 0 saturated carbocycles. The molecule has 3 heterocycles. The monoisotopic (exact) mass is 411 g/mol. The van der Waals surface area contributed by atoms with Gasteiger partial charge in [0.15, 0.2) is 0 Å². The van der Waals surface area contributed by atoms with Crippen LogP contribution in [0.4, 0.5) is 19.3 Å². The number of carbonyl (C=O) groups excluding carboxylic acids is 2. The van der Waals surface area contributed by atoms with Crippen molar-refractivity contribution in [1.82, 2.24) is 20.0 Å². The van der Waals surface area contributed by atoms with Crippen molar-refractivity contribution in [2.24, 2.45) is 0 Å². The van der Waals surface area contributed by atoms with E-state index < -0.39 is 41.2 Å². The minimum atomic E-state index is -0.933. The molecule has 2 N–H and O–H groups in total. The average molecular weight is 411 g/mol. The Kier molecular flexibility index (Phi) is 3.85. The van der Waals surface area contributed by atoms with Gasteiger partial charge in [0.1, 0.15) is 24.2 Å². The molecular formula is C20H15F2N5O3. The Morgan fingerprint density at radius 2 is 1.80 bits per heavy atom. The Bertz CT molecular complexity index is 1270. The summed E-state index contributed by atoms with van der Waals surface area (Å²) in [5.74, 6) is -1.51. The van der Waals surface area contributed by atoms with Crippen molar-refractivity contribution in [3.05, 3.63) is 69.6 Å². The second-order valence-corrected chi connectivity index (χ2v) is 7.33. The van der Waals surface area contributed by atoms with Gasteiger partial charge >= 0.3 is 6.03 Å². The van der Waals surface area contributed by atoms with E-state index in [2.05, 4.69) is 15.5 Å². The number of amides is 3.